The molecule has 3 aliphatic heterocycles. The summed E-state index contributed by atoms with van der Waals surface area (Å²) in [5, 5.41) is 0. The van der Waals surface area contributed by atoms with E-state index in [1.54, 1.807) is 0 Å². The van der Waals surface area contributed by atoms with Gasteiger partial charge in [0.2, 0.25) is 0 Å². The van der Waals surface area contributed by atoms with E-state index in [0.29, 0.717) is 0 Å². The number of anilines is 2. The Kier molecular flexibility index (Phi) is 10.4. The SMILES string of the molecule is CCCCCCCCN1c2ccccc2C(C2(C3c4ccccc4N(CCCCCCCC)C3C)OC(=O)c3ccccc32)C1C. The lowest BCUT2D eigenvalue weighted by molar-refractivity contribution is -0.0458. The lowest BCUT2D eigenvalue weighted by atomic mass is 9.65. The van der Waals surface area contributed by atoms with Crippen molar-refractivity contribution < 1.29 is 9.53 Å². The van der Waals surface area contributed by atoms with Gasteiger partial charge in [-0.2, -0.15) is 0 Å². The maximum absolute atomic E-state index is 13.9. The van der Waals surface area contributed by atoms with Crippen molar-refractivity contribution in [3.05, 3.63) is 95.1 Å². The first-order chi connectivity index (χ1) is 22.5. The molecule has 3 aliphatic rings. The summed E-state index contributed by atoms with van der Waals surface area (Å²) in [5.74, 6) is -0.134. The van der Waals surface area contributed by atoms with Crippen LogP contribution >= 0.6 is 0 Å². The Morgan fingerprint density at radius 1 is 0.587 bits per heavy atom. The number of nitrogens with zero attached hydrogens (tertiary/aromatic N) is 2. The van der Waals surface area contributed by atoms with Crippen LogP contribution in [0.2, 0.25) is 0 Å². The quantitative estimate of drug-likeness (QED) is 0.118. The number of ether oxygens (including phenoxy) is 1. The number of rotatable bonds is 16. The van der Waals surface area contributed by atoms with Gasteiger partial charge in [0.05, 0.1) is 17.4 Å². The van der Waals surface area contributed by atoms with Gasteiger partial charge in [-0.05, 0) is 56.0 Å². The first-order valence-corrected chi connectivity index (χ1v) is 18.6. The van der Waals surface area contributed by atoms with Crippen molar-refractivity contribution in [1.29, 1.82) is 0 Å². The monoisotopic (exact) mass is 620 g/mol. The Morgan fingerprint density at radius 2 is 1.02 bits per heavy atom. The standard InChI is InChI=1S/C42H56N2O2/c1-5-7-9-11-13-21-29-43-31(3)39(34-24-16-19-27-37(34)43)42(36-26-18-15-23-33(36)41(45)46-42)40-32(4)44(30-22-14-12-10-8-6-2)38-28-20-17-25-35(38)40/h15-20,23-28,31-32,39-40H,5-14,21-22,29-30H2,1-4H3. The molecule has 4 nitrogen and oxygen atoms in total. The number of hydrogen-bond acceptors (Lipinski definition) is 4. The number of carbonyl (C=O) groups excluding carboxylic acids is 1. The predicted molar refractivity (Wildman–Crippen MR) is 192 cm³/mol. The van der Waals surface area contributed by atoms with Gasteiger partial charge in [0.25, 0.3) is 0 Å². The normalized spacial score (nSPS) is 24.7. The van der Waals surface area contributed by atoms with Gasteiger partial charge in [-0.15, -0.1) is 0 Å². The maximum atomic E-state index is 13.9. The van der Waals surface area contributed by atoms with Crippen LogP contribution in [0.5, 0.6) is 0 Å². The zero-order chi connectivity index (χ0) is 32.1. The molecule has 0 aromatic heterocycles. The molecule has 0 N–H and O–H groups in total. The van der Waals surface area contributed by atoms with Crippen molar-refractivity contribution >= 4 is 17.3 Å². The topological polar surface area (TPSA) is 32.8 Å². The van der Waals surface area contributed by atoms with Gasteiger partial charge in [-0.3, -0.25) is 0 Å². The lowest BCUT2D eigenvalue weighted by Gasteiger charge is -2.45. The molecule has 0 bridgehead atoms. The van der Waals surface area contributed by atoms with Crippen molar-refractivity contribution in [1.82, 2.24) is 0 Å². The molecule has 0 saturated heterocycles. The molecule has 0 amide bonds. The van der Waals surface area contributed by atoms with E-state index in [1.807, 2.05) is 12.1 Å². The fraction of sp³-hybridized carbons (Fsp3) is 0.548. The number of hydrogen-bond donors (Lipinski definition) is 0. The molecule has 3 aromatic carbocycles. The van der Waals surface area contributed by atoms with E-state index in [2.05, 4.69) is 98.2 Å². The highest BCUT2D eigenvalue weighted by molar-refractivity contribution is 5.95. The van der Waals surface area contributed by atoms with Crippen molar-refractivity contribution in [3.8, 4) is 0 Å². The smallest absolute Gasteiger partial charge is 0.339 e. The number of carbonyl (C=O) groups is 1. The van der Waals surface area contributed by atoms with Crippen molar-refractivity contribution in [2.24, 2.45) is 0 Å². The molecular weight excluding hydrogens is 564 g/mol. The predicted octanol–water partition coefficient (Wildman–Crippen LogP) is 10.8. The van der Waals surface area contributed by atoms with Gasteiger partial charge in [-0.25, -0.2) is 4.79 Å². The summed E-state index contributed by atoms with van der Waals surface area (Å²) in [6, 6.07) is 26.6. The molecule has 4 atom stereocenters. The molecule has 3 aromatic rings. The zero-order valence-electron chi connectivity index (χ0n) is 28.8. The zero-order valence-corrected chi connectivity index (χ0v) is 28.8. The number of para-hydroxylation sites is 2. The van der Waals surface area contributed by atoms with Crippen LogP contribution in [0.15, 0.2) is 72.8 Å². The number of unbranched alkanes of at least 4 members (excludes halogenated alkanes) is 10. The summed E-state index contributed by atoms with van der Waals surface area (Å²) >= 11 is 0. The van der Waals surface area contributed by atoms with Crippen LogP contribution in [-0.4, -0.2) is 31.1 Å². The summed E-state index contributed by atoms with van der Waals surface area (Å²) in [7, 11) is 0. The van der Waals surface area contributed by atoms with E-state index in [9.17, 15) is 4.79 Å². The van der Waals surface area contributed by atoms with Gasteiger partial charge < -0.3 is 14.5 Å². The van der Waals surface area contributed by atoms with Crippen LogP contribution in [0.3, 0.4) is 0 Å². The number of fused-ring (bicyclic) bond motifs is 3. The third kappa shape index (κ3) is 5.86. The lowest BCUT2D eigenvalue weighted by Crippen LogP contribution is -2.50. The molecular formula is C42H56N2O2. The average Bonchev–Trinajstić information content (AvgIpc) is 3.64. The minimum atomic E-state index is -0.801. The van der Waals surface area contributed by atoms with E-state index in [4.69, 9.17) is 4.74 Å². The largest absolute Gasteiger partial charge is 0.449 e. The Balaban J connectivity index is 1.39. The molecule has 0 saturated carbocycles. The van der Waals surface area contributed by atoms with Gasteiger partial charge in [0.1, 0.15) is 0 Å². The van der Waals surface area contributed by atoms with Gasteiger partial charge in [0.15, 0.2) is 5.60 Å². The minimum absolute atomic E-state index is 0.0193. The van der Waals surface area contributed by atoms with Crippen LogP contribution in [0.1, 0.15) is 144 Å². The summed E-state index contributed by atoms with van der Waals surface area (Å²) in [4.78, 5) is 19.2. The van der Waals surface area contributed by atoms with Crippen LogP contribution in [-0.2, 0) is 10.3 Å². The number of esters is 1. The molecule has 246 valence electrons. The van der Waals surface area contributed by atoms with E-state index in [1.165, 1.54) is 99.6 Å². The van der Waals surface area contributed by atoms with E-state index in [-0.39, 0.29) is 29.9 Å². The van der Waals surface area contributed by atoms with Gasteiger partial charge in [0, 0.05) is 42.1 Å². The highest BCUT2D eigenvalue weighted by atomic mass is 16.6. The highest BCUT2D eigenvalue weighted by Gasteiger charge is 2.64. The summed E-state index contributed by atoms with van der Waals surface area (Å²) in [6.07, 6.45) is 15.4. The molecule has 3 heterocycles. The van der Waals surface area contributed by atoms with Crippen LogP contribution in [0.4, 0.5) is 11.4 Å². The Hall–Kier alpha value is -3.27. The molecule has 6 rings (SSSR count). The first-order valence-electron chi connectivity index (χ1n) is 18.6. The van der Waals surface area contributed by atoms with E-state index < -0.39 is 5.60 Å². The molecule has 0 aliphatic carbocycles. The van der Waals surface area contributed by atoms with Gasteiger partial charge in [-0.1, -0.05) is 133 Å². The average molecular weight is 621 g/mol. The van der Waals surface area contributed by atoms with Crippen molar-refractivity contribution in [3.63, 3.8) is 0 Å². The Bertz CT molecular complexity index is 1390. The van der Waals surface area contributed by atoms with Crippen LogP contribution in [0.25, 0.3) is 0 Å². The summed E-state index contributed by atoms with van der Waals surface area (Å²) < 4.78 is 6.99. The second kappa shape index (κ2) is 14.7. The number of cyclic esters (lactones) is 1. The highest BCUT2D eigenvalue weighted by Crippen LogP contribution is 2.64. The maximum Gasteiger partial charge on any atom is 0.339 e. The van der Waals surface area contributed by atoms with Gasteiger partial charge >= 0.3 is 5.97 Å². The second-order valence-corrected chi connectivity index (χ2v) is 14.2. The summed E-state index contributed by atoms with van der Waals surface area (Å²) in [6.45, 7) is 11.4. The molecule has 0 fully saturated rings. The second-order valence-electron chi connectivity index (χ2n) is 14.2. The fourth-order valence-electron chi connectivity index (χ4n) is 9.22. The first kappa shape index (κ1) is 32.7. The third-order valence-corrected chi connectivity index (χ3v) is 11.4. The molecule has 4 unspecified atom stereocenters. The van der Waals surface area contributed by atoms with Crippen molar-refractivity contribution in [2.45, 2.75) is 134 Å². The number of benzene rings is 3. The van der Waals surface area contributed by atoms with Crippen LogP contribution in [0, 0.1) is 0 Å². The molecule has 0 radical (unpaired) electrons. The summed E-state index contributed by atoms with van der Waals surface area (Å²) in [5.41, 5.74) is 6.29. The van der Waals surface area contributed by atoms with Crippen molar-refractivity contribution in [2.75, 3.05) is 22.9 Å². The Labute approximate surface area is 278 Å². The molecule has 46 heavy (non-hydrogen) atoms. The van der Waals surface area contributed by atoms with E-state index >= 15 is 0 Å². The minimum Gasteiger partial charge on any atom is -0.449 e. The molecule has 0 spiro atoms. The van der Waals surface area contributed by atoms with E-state index in [0.717, 1.165) is 24.2 Å². The fourth-order valence-corrected chi connectivity index (χ4v) is 9.22. The Morgan fingerprint density at radius 3 is 1.54 bits per heavy atom. The third-order valence-electron chi connectivity index (χ3n) is 11.4. The molecule has 4 heteroatoms. The van der Waals surface area contributed by atoms with Crippen LogP contribution < -0.4 is 9.80 Å².